The average Bonchev–Trinajstić information content (AvgIpc) is 2.68. The van der Waals surface area contributed by atoms with Crippen molar-refractivity contribution < 1.29 is 0 Å². The summed E-state index contributed by atoms with van der Waals surface area (Å²) in [7, 11) is 2.16. The molecule has 1 aliphatic heterocycles. The Morgan fingerprint density at radius 3 is 2.81 bits per heavy atom. The quantitative estimate of drug-likeness (QED) is 0.763. The van der Waals surface area contributed by atoms with Crippen LogP contribution < -0.4 is 5.32 Å². The van der Waals surface area contributed by atoms with Gasteiger partial charge in [0.15, 0.2) is 0 Å². The van der Waals surface area contributed by atoms with Gasteiger partial charge in [0.2, 0.25) is 0 Å². The van der Waals surface area contributed by atoms with E-state index >= 15 is 0 Å². The van der Waals surface area contributed by atoms with Crippen LogP contribution in [0.2, 0.25) is 0 Å². The lowest BCUT2D eigenvalue weighted by molar-refractivity contribution is 0.246. The average molecular weight is 360 g/mol. The van der Waals surface area contributed by atoms with Crippen LogP contribution in [0.5, 0.6) is 0 Å². The number of rotatable bonds is 4. The number of aryl methyl sites for hydroxylation is 1. The van der Waals surface area contributed by atoms with E-state index in [1.165, 1.54) is 12.0 Å². The number of benzene rings is 1. The van der Waals surface area contributed by atoms with Crippen LogP contribution >= 0.6 is 0 Å². The van der Waals surface area contributed by atoms with Gasteiger partial charge in [0.25, 0.3) is 0 Å². The highest BCUT2D eigenvalue weighted by Crippen LogP contribution is 2.28. The van der Waals surface area contributed by atoms with Gasteiger partial charge in [0, 0.05) is 29.8 Å². The zero-order chi connectivity index (χ0) is 18.6. The fraction of sp³-hybridized carbons (Fsp3) is 0.333. The summed E-state index contributed by atoms with van der Waals surface area (Å²) in [6, 6.07) is 12.2. The molecule has 0 spiro atoms. The summed E-state index contributed by atoms with van der Waals surface area (Å²) in [6.07, 6.45) is 5.73. The van der Waals surface area contributed by atoms with E-state index in [1.54, 1.807) is 12.4 Å². The highest BCUT2D eigenvalue weighted by Gasteiger charge is 2.22. The van der Waals surface area contributed by atoms with Crippen molar-refractivity contribution in [2.24, 2.45) is 0 Å². The van der Waals surface area contributed by atoms with Crippen LogP contribution in [-0.2, 0) is 0 Å². The first-order valence-corrected chi connectivity index (χ1v) is 9.36. The Hall–Kier alpha value is -2.86. The van der Waals surface area contributed by atoms with Crippen molar-refractivity contribution in [3.63, 3.8) is 0 Å². The van der Waals surface area contributed by atoms with E-state index in [1.807, 2.05) is 18.2 Å². The van der Waals surface area contributed by atoms with E-state index < -0.39 is 0 Å². The van der Waals surface area contributed by atoms with E-state index in [9.17, 15) is 0 Å². The number of piperidine rings is 1. The summed E-state index contributed by atoms with van der Waals surface area (Å²) in [5.74, 6) is 2.05. The first-order valence-electron chi connectivity index (χ1n) is 9.36. The minimum atomic E-state index is 0.344. The van der Waals surface area contributed by atoms with Crippen molar-refractivity contribution in [3.8, 4) is 11.3 Å². The molecule has 1 fully saturated rings. The van der Waals surface area contributed by atoms with Gasteiger partial charge in [0.05, 0.1) is 18.1 Å². The van der Waals surface area contributed by atoms with Crippen molar-refractivity contribution in [2.45, 2.75) is 25.7 Å². The molecule has 0 radical (unpaired) electrons. The van der Waals surface area contributed by atoms with Crippen LogP contribution in [0.4, 0.5) is 11.5 Å². The van der Waals surface area contributed by atoms with Gasteiger partial charge in [-0.25, -0.2) is 9.97 Å². The smallest absolute Gasteiger partial charge is 0.135 e. The summed E-state index contributed by atoms with van der Waals surface area (Å²) in [5, 5.41) is 11.3. The van der Waals surface area contributed by atoms with E-state index in [0.717, 1.165) is 48.1 Å². The molecule has 6 nitrogen and oxygen atoms in total. The molecule has 0 saturated carbocycles. The Morgan fingerprint density at radius 2 is 2.04 bits per heavy atom. The molecule has 1 aromatic carbocycles. The van der Waals surface area contributed by atoms with Gasteiger partial charge < -0.3 is 10.2 Å². The summed E-state index contributed by atoms with van der Waals surface area (Å²) in [6.45, 7) is 4.21. The van der Waals surface area contributed by atoms with Gasteiger partial charge in [-0.15, -0.1) is 0 Å². The lowest BCUT2D eigenvalue weighted by atomic mass is 9.97. The summed E-state index contributed by atoms with van der Waals surface area (Å²) < 4.78 is 0. The topological polar surface area (TPSA) is 66.8 Å². The van der Waals surface area contributed by atoms with Crippen LogP contribution in [-0.4, -0.2) is 45.2 Å². The predicted molar refractivity (Wildman–Crippen MR) is 107 cm³/mol. The van der Waals surface area contributed by atoms with Crippen LogP contribution in [0.25, 0.3) is 11.3 Å². The highest BCUT2D eigenvalue weighted by atomic mass is 15.1. The minimum Gasteiger partial charge on any atom is -0.340 e. The van der Waals surface area contributed by atoms with Crippen molar-refractivity contribution in [1.82, 2.24) is 25.1 Å². The number of likely N-dealkylation sites (tertiary alicyclic amines) is 1. The second-order valence-corrected chi connectivity index (χ2v) is 7.22. The number of nitrogens with zero attached hydrogens (tertiary/aromatic N) is 5. The second kappa shape index (κ2) is 7.80. The molecule has 4 rings (SSSR count). The Balaban J connectivity index is 1.72. The van der Waals surface area contributed by atoms with E-state index in [2.05, 4.69) is 52.6 Å². The highest BCUT2D eigenvalue weighted by molar-refractivity contribution is 5.65. The van der Waals surface area contributed by atoms with Crippen LogP contribution in [0, 0.1) is 6.92 Å². The molecule has 0 aliphatic carbocycles. The maximum absolute atomic E-state index is 4.88. The molecular formula is C21H24N6. The van der Waals surface area contributed by atoms with Crippen LogP contribution in [0.3, 0.4) is 0 Å². The van der Waals surface area contributed by atoms with E-state index in [0.29, 0.717) is 5.92 Å². The number of anilines is 2. The number of likely N-dealkylation sites (N-methyl/N-ethyl adjacent to an activating group) is 1. The van der Waals surface area contributed by atoms with Gasteiger partial charge in [-0.2, -0.15) is 10.2 Å². The fourth-order valence-corrected chi connectivity index (χ4v) is 3.55. The first-order chi connectivity index (χ1) is 13.2. The zero-order valence-electron chi connectivity index (χ0n) is 15.8. The lowest BCUT2D eigenvalue weighted by Crippen LogP contribution is -2.31. The van der Waals surface area contributed by atoms with Crippen LogP contribution in [0.15, 0.2) is 48.8 Å². The monoisotopic (exact) mass is 360 g/mol. The van der Waals surface area contributed by atoms with Crippen molar-refractivity contribution >= 4 is 11.5 Å². The Bertz CT molecular complexity index is 912. The second-order valence-electron chi connectivity index (χ2n) is 7.22. The molecule has 1 N–H and O–H groups in total. The predicted octanol–water partition coefficient (Wildman–Crippen LogP) is 3.79. The molecule has 27 heavy (non-hydrogen) atoms. The van der Waals surface area contributed by atoms with E-state index in [4.69, 9.17) is 9.97 Å². The largest absolute Gasteiger partial charge is 0.340 e. The minimum absolute atomic E-state index is 0.344. The Labute approximate surface area is 159 Å². The molecule has 0 bridgehead atoms. The number of hydrogen-bond acceptors (Lipinski definition) is 6. The van der Waals surface area contributed by atoms with Gasteiger partial charge in [-0.3, -0.25) is 0 Å². The third-order valence-corrected chi connectivity index (χ3v) is 4.90. The fourth-order valence-electron chi connectivity index (χ4n) is 3.55. The maximum Gasteiger partial charge on any atom is 0.135 e. The third-order valence-electron chi connectivity index (χ3n) is 4.90. The number of nitrogens with one attached hydrogen (secondary N) is 1. The maximum atomic E-state index is 4.88. The van der Waals surface area contributed by atoms with Gasteiger partial charge in [-0.1, -0.05) is 12.1 Å². The van der Waals surface area contributed by atoms with E-state index in [-0.39, 0.29) is 0 Å². The standard InChI is InChI=1S/C21H24N6/c1-15-5-3-7-18(11-15)24-20-12-19(16-8-9-22-23-13-16)25-21(26-20)17-6-4-10-27(2)14-17/h3,5,7-9,11-13,17H,4,6,10,14H2,1-2H3,(H,24,25,26). The van der Waals surface area contributed by atoms with Crippen molar-refractivity contribution in [1.29, 1.82) is 0 Å². The Kier molecular flexibility index (Phi) is 5.07. The SMILES string of the molecule is Cc1cccc(Nc2cc(-c3ccnnc3)nc(C3CCCN(C)C3)n2)c1. The lowest BCUT2D eigenvalue weighted by Gasteiger charge is -2.29. The molecule has 1 aliphatic rings. The molecule has 3 aromatic rings. The molecule has 2 aromatic heterocycles. The third kappa shape index (κ3) is 4.28. The molecule has 0 amide bonds. The summed E-state index contributed by atoms with van der Waals surface area (Å²) >= 11 is 0. The van der Waals surface area contributed by atoms with Crippen molar-refractivity contribution in [3.05, 3.63) is 60.2 Å². The normalized spacial score (nSPS) is 17.6. The molecule has 1 saturated heterocycles. The molecule has 1 unspecified atom stereocenters. The molecular weight excluding hydrogens is 336 g/mol. The molecule has 6 heteroatoms. The van der Waals surface area contributed by atoms with Gasteiger partial charge in [-0.05, 0) is 57.1 Å². The van der Waals surface area contributed by atoms with Gasteiger partial charge in [0.1, 0.15) is 11.6 Å². The van der Waals surface area contributed by atoms with Crippen molar-refractivity contribution in [2.75, 3.05) is 25.5 Å². The Morgan fingerprint density at radius 1 is 1.11 bits per heavy atom. The van der Waals surface area contributed by atoms with Gasteiger partial charge >= 0.3 is 0 Å². The summed E-state index contributed by atoms with van der Waals surface area (Å²) in [4.78, 5) is 12.1. The number of hydrogen-bond donors (Lipinski definition) is 1. The molecule has 1 atom stereocenters. The molecule has 138 valence electrons. The summed E-state index contributed by atoms with van der Waals surface area (Å²) in [5.41, 5.74) is 4.06. The zero-order valence-corrected chi connectivity index (χ0v) is 15.8. The number of aromatic nitrogens is 4. The first kappa shape index (κ1) is 17.5. The van der Waals surface area contributed by atoms with Crippen LogP contribution in [0.1, 0.15) is 30.1 Å². The molecule has 3 heterocycles.